The Morgan fingerprint density at radius 1 is 1.38 bits per heavy atom. The molecular weight excluding hydrogens is 196 g/mol. The van der Waals surface area contributed by atoms with E-state index in [9.17, 15) is 0 Å². The van der Waals surface area contributed by atoms with Crippen molar-refractivity contribution in [1.82, 2.24) is 10.2 Å². The van der Waals surface area contributed by atoms with E-state index in [1.165, 1.54) is 51.9 Å². The number of hydrogen-bond acceptors (Lipinski definition) is 2. The summed E-state index contributed by atoms with van der Waals surface area (Å²) in [6, 6.07) is 0.727. The first-order valence-electron chi connectivity index (χ1n) is 7.12. The lowest BCUT2D eigenvalue weighted by molar-refractivity contribution is 0.182. The van der Waals surface area contributed by atoms with Crippen molar-refractivity contribution in [1.29, 1.82) is 0 Å². The van der Waals surface area contributed by atoms with Gasteiger partial charge >= 0.3 is 0 Å². The van der Waals surface area contributed by atoms with E-state index < -0.39 is 0 Å². The van der Waals surface area contributed by atoms with Gasteiger partial charge in [0.05, 0.1) is 0 Å². The van der Waals surface area contributed by atoms with Crippen LogP contribution < -0.4 is 5.32 Å². The molecule has 1 N–H and O–H groups in total. The zero-order chi connectivity index (χ0) is 11.6. The zero-order valence-corrected chi connectivity index (χ0v) is 11.3. The first-order valence-corrected chi connectivity index (χ1v) is 7.12. The van der Waals surface area contributed by atoms with Crippen molar-refractivity contribution in [3.05, 3.63) is 0 Å². The van der Waals surface area contributed by atoms with Gasteiger partial charge in [0.2, 0.25) is 0 Å². The smallest absolute Gasteiger partial charge is 0.0192 e. The second-order valence-corrected chi connectivity index (χ2v) is 6.17. The molecule has 94 valence electrons. The van der Waals surface area contributed by atoms with E-state index in [-0.39, 0.29) is 0 Å². The molecule has 2 aliphatic rings. The maximum absolute atomic E-state index is 3.65. The molecule has 0 radical (unpaired) electrons. The van der Waals surface area contributed by atoms with E-state index in [2.05, 4.69) is 31.0 Å². The second kappa shape index (κ2) is 5.05. The molecule has 1 aliphatic carbocycles. The lowest BCUT2D eigenvalue weighted by Crippen LogP contribution is -2.40. The van der Waals surface area contributed by atoms with Crippen LogP contribution in [-0.2, 0) is 0 Å². The Bertz CT molecular complexity index is 221. The van der Waals surface area contributed by atoms with Gasteiger partial charge in [0.1, 0.15) is 0 Å². The maximum Gasteiger partial charge on any atom is 0.0192 e. The first kappa shape index (κ1) is 12.4. The van der Waals surface area contributed by atoms with Crippen LogP contribution in [0.5, 0.6) is 0 Å². The van der Waals surface area contributed by atoms with Gasteiger partial charge in [-0.25, -0.2) is 0 Å². The lowest BCUT2D eigenvalue weighted by Gasteiger charge is -2.30. The molecule has 0 aromatic rings. The molecular formula is C14H28N2. The average molecular weight is 224 g/mol. The molecule has 1 atom stereocenters. The summed E-state index contributed by atoms with van der Waals surface area (Å²) in [7, 11) is 0. The SMILES string of the molecule is CCC1CN(CC2(C(C)C)CC2)CCCN1. The Hall–Kier alpha value is -0.0800. The van der Waals surface area contributed by atoms with Crippen LogP contribution in [-0.4, -0.2) is 37.1 Å². The molecule has 2 rings (SSSR count). The molecule has 2 heteroatoms. The normalized spacial score (nSPS) is 30.4. The van der Waals surface area contributed by atoms with E-state index in [4.69, 9.17) is 0 Å². The standard InChI is InChI=1S/C14H28N2/c1-4-13-10-16(9-5-8-15-13)11-14(6-7-14)12(2)3/h12-13,15H,4-11H2,1-3H3. The number of rotatable bonds is 4. The highest BCUT2D eigenvalue weighted by Gasteiger charge is 2.46. The first-order chi connectivity index (χ1) is 7.66. The third-order valence-electron chi connectivity index (χ3n) is 4.71. The van der Waals surface area contributed by atoms with Crippen LogP contribution in [0.2, 0.25) is 0 Å². The summed E-state index contributed by atoms with van der Waals surface area (Å²) in [5, 5.41) is 3.65. The van der Waals surface area contributed by atoms with Crippen molar-refractivity contribution in [2.75, 3.05) is 26.2 Å². The molecule has 1 unspecified atom stereocenters. The highest BCUT2D eigenvalue weighted by atomic mass is 15.2. The van der Waals surface area contributed by atoms with Crippen molar-refractivity contribution in [3.8, 4) is 0 Å². The molecule has 2 fully saturated rings. The molecule has 1 saturated carbocycles. The molecule has 0 spiro atoms. The van der Waals surface area contributed by atoms with Gasteiger partial charge in [-0.1, -0.05) is 20.8 Å². The summed E-state index contributed by atoms with van der Waals surface area (Å²) >= 11 is 0. The number of nitrogens with zero attached hydrogens (tertiary/aromatic N) is 1. The third kappa shape index (κ3) is 2.78. The van der Waals surface area contributed by atoms with E-state index in [1.54, 1.807) is 0 Å². The van der Waals surface area contributed by atoms with Gasteiger partial charge in [-0.2, -0.15) is 0 Å². The minimum Gasteiger partial charge on any atom is -0.313 e. The summed E-state index contributed by atoms with van der Waals surface area (Å²) in [6.45, 7) is 12.2. The zero-order valence-electron chi connectivity index (χ0n) is 11.3. The summed E-state index contributed by atoms with van der Waals surface area (Å²) in [4.78, 5) is 2.72. The lowest BCUT2D eigenvalue weighted by atomic mass is 9.91. The number of nitrogens with one attached hydrogen (secondary N) is 1. The second-order valence-electron chi connectivity index (χ2n) is 6.17. The van der Waals surface area contributed by atoms with Crippen LogP contribution in [0, 0.1) is 11.3 Å². The largest absolute Gasteiger partial charge is 0.313 e. The number of hydrogen-bond donors (Lipinski definition) is 1. The van der Waals surface area contributed by atoms with Crippen LogP contribution >= 0.6 is 0 Å². The predicted octanol–water partition coefficient (Wildman–Crippen LogP) is 2.50. The van der Waals surface area contributed by atoms with Gasteiger partial charge in [0.25, 0.3) is 0 Å². The molecule has 1 aliphatic heterocycles. The van der Waals surface area contributed by atoms with E-state index in [0.717, 1.165) is 12.0 Å². The van der Waals surface area contributed by atoms with Gasteiger partial charge in [-0.05, 0) is 50.1 Å². The highest BCUT2D eigenvalue weighted by molar-refractivity contribution is 4.98. The van der Waals surface area contributed by atoms with Crippen LogP contribution in [0.4, 0.5) is 0 Å². The summed E-state index contributed by atoms with van der Waals surface area (Å²) in [5.74, 6) is 0.865. The van der Waals surface area contributed by atoms with Crippen molar-refractivity contribution in [2.24, 2.45) is 11.3 Å². The van der Waals surface area contributed by atoms with Gasteiger partial charge in [-0.15, -0.1) is 0 Å². The van der Waals surface area contributed by atoms with Crippen molar-refractivity contribution in [2.45, 2.75) is 52.5 Å². The summed E-state index contributed by atoms with van der Waals surface area (Å²) in [6.07, 6.45) is 5.52. The van der Waals surface area contributed by atoms with Crippen LogP contribution in [0.1, 0.15) is 46.5 Å². The minimum absolute atomic E-state index is 0.683. The predicted molar refractivity (Wildman–Crippen MR) is 69.6 cm³/mol. The van der Waals surface area contributed by atoms with Gasteiger partial charge < -0.3 is 10.2 Å². The van der Waals surface area contributed by atoms with Crippen LogP contribution in [0.3, 0.4) is 0 Å². The quantitative estimate of drug-likeness (QED) is 0.789. The third-order valence-corrected chi connectivity index (χ3v) is 4.71. The Balaban J connectivity index is 1.88. The Morgan fingerprint density at radius 3 is 2.69 bits per heavy atom. The fraction of sp³-hybridized carbons (Fsp3) is 1.00. The minimum atomic E-state index is 0.683. The molecule has 0 aromatic carbocycles. The van der Waals surface area contributed by atoms with Crippen molar-refractivity contribution >= 4 is 0 Å². The summed E-state index contributed by atoms with van der Waals surface area (Å²) < 4.78 is 0. The maximum atomic E-state index is 3.65. The molecule has 0 aromatic heterocycles. The van der Waals surface area contributed by atoms with Gasteiger partial charge in [0, 0.05) is 19.1 Å². The fourth-order valence-corrected chi connectivity index (χ4v) is 3.02. The highest BCUT2D eigenvalue weighted by Crippen LogP contribution is 2.52. The molecule has 16 heavy (non-hydrogen) atoms. The molecule has 1 saturated heterocycles. The van der Waals surface area contributed by atoms with Crippen LogP contribution in [0.15, 0.2) is 0 Å². The molecule has 0 amide bonds. The van der Waals surface area contributed by atoms with Gasteiger partial charge in [-0.3, -0.25) is 0 Å². The molecule has 1 heterocycles. The Morgan fingerprint density at radius 2 is 2.12 bits per heavy atom. The Kier molecular flexibility index (Phi) is 3.91. The van der Waals surface area contributed by atoms with Crippen LogP contribution in [0.25, 0.3) is 0 Å². The topological polar surface area (TPSA) is 15.3 Å². The van der Waals surface area contributed by atoms with E-state index >= 15 is 0 Å². The summed E-state index contributed by atoms with van der Waals surface area (Å²) in [5.41, 5.74) is 0.683. The van der Waals surface area contributed by atoms with E-state index in [1.807, 2.05) is 0 Å². The fourth-order valence-electron chi connectivity index (χ4n) is 3.02. The Labute approximate surface area is 101 Å². The monoisotopic (exact) mass is 224 g/mol. The average Bonchev–Trinajstić information content (AvgIpc) is 3.04. The van der Waals surface area contributed by atoms with Crippen molar-refractivity contribution in [3.63, 3.8) is 0 Å². The molecule has 2 nitrogen and oxygen atoms in total. The van der Waals surface area contributed by atoms with Gasteiger partial charge in [0.15, 0.2) is 0 Å². The van der Waals surface area contributed by atoms with Crippen molar-refractivity contribution < 1.29 is 0 Å². The molecule has 0 bridgehead atoms. The van der Waals surface area contributed by atoms with E-state index in [0.29, 0.717) is 5.41 Å².